The van der Waals surface area contributed by atoms with E-state index >= 15 is 4.39 Å². The molecule has 3 N–H and O–H groups in total. The van der Waals surface area contributed by atoms with Crippen molar-refractivity contribution in [1.82, 2.24) is 5.32 Å². The molecule has 42 heavy (non-hydrogen) atoms. The van der Waals surface area contributed by atoms with Gasteiger partial charge in [0, 0.05) is 41.7 Å². The van der Waals surface area contributed by atoms with Gasteiger partial charge in [-0.15, -0.1) is 0 Å². The number of phosphoric ester groups is 1. The van der Waals surface area contributed by atoms with Crippen LogP contribution in [-0.2, 0) is 51.5 Å². The van der Waals surface area contributed by atoms with Gasteiger partial charge in [0.15, 0.2) is 22.6 Å². The Hall–Kier alpha value is -1.07. The number of carbonyl (C=O) groups excluding carboxylic acids is 3. The zero-order chi connectivity index (χ0) is 32.0. The Balaban J connectivity index is 2.15. The summed E-state index contributed by atoms with van der Waals surface area (Å²) in [6, 6.07) is 0. The second-order valence-corrected chi connectivity index (χ2v) is 15.5. The van der Waals surface area contributed by atoms with E-state index in [2.05, 4.69) is 5.32 Å². The van der Waals surface area contributed by atoms with Crippen molar-refractivity contribution in [2.24, 2.45) is 16.6 Å². The van der Waals surface area contributed by atoms with Gasteiger partial charge >= 0.3 is 7.82 Å². The van der Waals surface area contributed by atoms with Crippen molar-refractivity contribution in [2.45, 2.75) is 78.7 Å². The predicted octanol–water partition coefficient (Wildman–Crippen LogP) is 3.47. The topological polar surface area (TPSA) is 171 Å². The van der Waals surface area contributed by atoms with Crippen molar-refractivity contribution in [2.75, 3.05) is 38.4 Å². The summed E-state index contributed by atoms with van der Waals surface area (Å²) in [5.41, 5.74) is 2.44. The van der Waals surface area contributed by atoms with Crippen molar-refractivity contribution in [3.8, 4) is 0 Å². The van der Waals surface area contributed by atoms with Crippen LogP contribution in [0.3, 0.4) is 0 Å². The molecule has 0 radical (unpaired) electrons. The number of hydrogen-bond acceptors (Lipinski definition) is 14. The summed E-state index contributed by atoms with van der Waals surface area (Å²) in [6.45, 7) is 9.42. The first-order valence-electron chi connectivity index (χ1n) is 13.1. The number of rotatable bonds is 15. The Bertz CT molecular complexity index is 1020. The Morgan fingerprint density at radius 3 is 1.98 bits per heavy atom. The lowest BCUT2D eigenvalue weighted by molar-refractivity contribution is -0.292. The van der Waals surface area contributed by atoms with Crippen molar-refractivity contribution < 1.29 is 55.9 Å². The fourth-order valence-corrected chi connectivity index (χ4v) is 6.56. The number of amides is 1. The average molecular weight is 661 g/mol. The second-order valence-electron chi connectivity index (χ2n) is 11.7. The van der Waals surface area contributed by atoms with Gasteiger partial charge in [0.25, 0.3) is 12.3 Å². The third-order valence-corrected chi connectivity index (χ3v) is 9.74. The number of carbonyl (C=O) groups is 3. The van der Waals surface area contributed by atoms with Gasteiger partial charge in [-0.25, -0.2) is 8.96 Å². The van der Waals surface area contributed by atoms with Crippen LogP contribution in [-0.4, -0.2) is 84.8 Å². The first kappa shape index (κ1) is 37.1. The highest BCUT2D eigenvalue weighted by molar-refractivity contribution is 8.14. The van der Waals surface area contributed by atoms with Crippen molar-refractivity contribution >= 4 is 47.5 Å². The maximum atomic E-state index is 16.3. The van der Waals surface area contributed by atoms with Crippen LogP contribution in [0.25, 0.3) is 0 Å². The van der Waals surface area contributed by atoms with Crippen LogP contribution in [0, 0.1) is 10.8 Å². The van der Waals surface area contributed by atoms with E-state index in [1.165, 1.54) is 14.0 Å². The van der Waals surface area contributed by atoms with E-state index in [1.54, 1.807) is 41.5 Å². The molecule has 2 aliphatic rings. The van der Waals surface area contributed by atoms with Gasteiger partial charge < -0.3 is 30.0 Å². The van der Waals surface area contributed by atoms with E-state index in [-0.39, 0.29) is 35.0 Å². The Morgan fingerprint density at radius 2 is 1.52 bits per heavy atom. The number of primary amides is 1. The van der Waals surface area contributed by atoms with Crippen LogP contribution < -0.4 is 11.1 Å². The number of nitrogens with one attached hydrogen (secondary N) is 1. The van der Waals surface area contributed by atoms with Crippen LogP contribution in [0.4, 0.5) is 4.39 Å². The number of nitrogens with two attached hydrogens (primary N) is 1. The zero-order valence-electron chi connectivity index (χ0n) is 25.1. The normalized spacial score (nSPS) is 28.3. The highest BCUT2D eigenvalue weighted by Crippen LogP contribution is 2.54. The summed E-state index contributed by atoms with van der Waals surface area (Å²) in [5, 5.41) is 2.49. The second kappa shape index (κ2) is 14.8. The van der Waals surface area contributed by atoms with Crippen LogP contribution in [0.5, 0.6) is 0 Å². The summed E-state index contributed by atoms with van der Waals surface area (Å²) in [4.78, 5) is 35.5. The van der Waals surface area contributed by atoms with E-state index in [0.29, 0.717) is 0 Å². The first-order valence-corrected chi connectivity index (χ1v) is 16.5. The number of alkyl halides is 1. The number of ether oxygens (including phenoxy) is 4. The van der Waals surface area contributed by atoms with Crippen molar-refractivity contribution in [3.63, 3.8) is 0 Å². The number of fused-ring (bicyclic) bond motifs is 1. The number of hydrogen-bond donors (Lipinski definition) is 2. The van der Waals surface area contributed by atoms with Gasteiger partial charge in [-0.3, -0.25) is 28.0 Å². The molecule has 0 aromatic carbocycles. The molecule has 17 heteroatoms. The molecular weight excluding hydrogens is 618 g/mol. The van der Waals surface area contributed by atoms with Crippen LogP contribution in [0.15, 0.2) is 12.3 Å². The van der Waals surface area contributed by atoms with Gasteiger partial charge in [0.1, 0.15) is 12.2 Å². The standard InChI is InChI=1S/C25H42FN2O11PS2/c1-22(2,3)19(30)41-13-11-34-40(32,35-12-14-42-20(31)23(4,5)6)36-15-25(26)17-24(7,39-21(33-8)37-17)18(38-25)28-10-9-16(27)29/h9-10,17-18,21,28H,11-15H2,1-8H3,(H2,27,29)/b10-9-/t17-,18+,21?,24+,25+/m0/s1. The third kappa shape index (κ3) is 10.2. The molecule has 2 saturated heterocycles. The van der Waals surface area contributed by atoms with E-state index in [4.69, 9.17) is 38.3 Å². The van der Waals surface area contributed by atoms with E-state index in [0.717, 1.165) is 35.8 Å². The molecule has 0 spiro atoms. The monoisotopic (exact) mass is 660 g/mol. The van der Waals surface area contributed by atoms with Gasteiger partial charge in [-0.2, -0.15) is 0 Å². The maximum absolute atomic E-state index is 16.3. The molecule has 2 heterocycles. The minimum atomic E-state index is -4.44. The molecule has 2 fully saturated rings. The van der Waals surface area contributed by atoms with Gasteiger partial charge in [-0.1, -0.05) is 65.1 Å². The number of thioether (sulfide) groups is 2. The molecule has 0 aromatic heterocycles. The molecule has 5 atom stereocenters. The Labute approximate surface area is 254 Å². The maximum Gasteiger partial charge on any atom is 0.475 e. The molecule has 242 valence electrons. The molecule has 0 bridgehead atoms. The molecular formula is C25H42FN2O11PS2. The van der Waals surface area contributed by atoms with Gasteiger partial charge in [-0.05, 0) is 6.92 Å². The molecule has 1 amide bonds. The molecule has 0 aliphatic carbocycles. The summed E-state index contributed by atoms with van der Waals surface area (Å²) in [6.07, 6.45) is -0.494. The number of methoxy groups -OCH3 is 1. The highest BCUT2D eigenvalue weighted by Gasteiger charge is 2.70. The first-order chi connectivity index (χ1) is 19.3. The minimum absolute atomic E-state index is 0.101. The highest BCUT2D eigenvalue weighted by atomic mass is 32.2. The smallest absolute Gasteiger partial charge is 0.366 e. The molecule has 2 aliphatic heterocycles. The van der Waals surface area contributed by atoms with Crippen LogP contribution >= 0.6 is 31.3 Å². The largest absolute Gasteiger partial charge is 0.475 e. The Morgan fingerprint density at radius 1 is 1.00 bits per heavy atom. The molecule has 1 unspecified atom stereocenters. The fraction of sp³-hybridized carbons (Fsp3) is 0.800. The fourth-order valence-electron chi connectivity index (χ4n) is 3.56. The summed E-state index contributed by atoms with van der Waals surface area (Å²) in [5.74, 6) is -3.24. The Kier molecular flexibility index (Phi) is 13.1. The lowest BCUT2D eigenvalue weighted by Crippen LogP contribution is -2.50. The summed E-state index contributed by atoms with van der Waals surface area (Å²) < 4.78 is 68.0. The summed E-state index contributed by atoms with van der Waals surface area (Å²) in [7, 11) is -3.15. The molecule has 13 nitrogen and oxygen atoms in total. The van der Waals surface area contributed by atoms with Gasteiger partial charge in [0.05, 0.1) is 13.2 Å². The lowest BCUT2D eigenvalue weighted by atomic mass is 9.95. The van der Waals surface area contributed by atoms with E-state index in [1.807, 2.05) is 0 Å². The predicted molar refractivity (Wildman–Crippen MR) is 155 cm³/mol. The van der Waals surface area contributed by atoms with Crippen LogP contribution in [0.1, 0.15) is 48.5 Å². The van der Waals surface area contributed by atoms with E-state index < -0.39 is 61.4 Å². The number of halogens is 1. The number of phosphoric acid groups is 1. The lowest BCUT2D eigenvalue weighted by Gasteiger charge is -2.27. The van der Waals surface area contributed by atoms with E-state index in [9.17, 15) is 18.9 Å². The molecule has 0 saturated carbocycles. The zero-order valence-corrected chi connectivity index (χ0v) is 27.7. The molecule has 0 aromatic rings. The van der Waals surface area contributed by atoms with Crippen molar-refractivity contribution in [3.05, 3.63) is 12.3 Å². The molecule has 2 rings (SSSR count). The van der Waals surface area contributed by atoms with Crippen LogP contribution in [0.2, 0.25) is 0 Å². The van der Waals surface area contributed by atoms with Crippen molar-refractivity contribution in [1.29, 1.82) is 0 Å². The average Bonchev–Trinajstić information content (AvgIpc) is 3.33. The van der Waals surface area contributed by atoms with Gasteiger partial charge in [0.2, 0.25) is 5.91 Å². The minimum Gasteiger partial charge on any atom is -0.366 e. The SMILES string of the molecule is COC1O[C@H]2[C@@](C)(O1)[C@H](N/C=C\C(N)=O)O[C@]2(F)COP(=O)(OCCSC(=O)C(C)(C)C)OCCSC(=O)C(C)(C)C. The quantitative estimate of drug-likeness (QED) is 0.149. The third-order valence-electron chi connectivity index (χ3n) is 5.81. The summed E-state index contributed by atoms with van der Waals surface area (Å²) >= 11 is 1.97.